The van der Waals surface area contributed by atoms with Crippen molar-refractivity contribution in [1.29, 1.82) is 0 Å². The Kier molecular flexibility index (Phi) is 7.35. The number of hydrazone groups is 1. The summed E-state index contributed by atoms with van der Waals surface area (Å²) in [5.41, 5.74) is 5.13. The zero-order valence-electron chi connectivity index (χ0n) is 14.0. The van der Waals surface area contributed by atoms with Crippen molar-refractivity contribution < 1.29 is 9.59 Å². The van der Waals surface area contributed by atoms with Crippen molar-refractivity contribution in [2.75, 3.05) is 0 Å². The Morgan fingerprint density at radius 1 is 0.960 bits per heavy atom. The minimum atomic E-state index is -0.286. The van der Waals surface area contributed by atoms with Crippen LogP contribution in [0.25, 0.3) is 0 Å². The molecule has 0 aliphatic heterocycles. The van der Waals surface area contributed by atoms with Crippen molar-refractivity contribution in [2.45, 2.75) is 26.3 Å². The number of carbonyl (C=O) groups excluding carboxylic acids is 2. The molecule has 2 aromatic rings. The van der Waals surface area contributed by atoms with E-state index in [2.05, 4.69) is 31.8 Å². The average molecular weight is 402 g/mol. The molecular weight excluding hydrogens is 382 g/mol. The molecule has 130 valence electrons. The number of rotatable bonds is 7. The van der Waals surface area contributed by atoms with E-state index < -0.39 is 0 Å². The van der Waals surface area contributed by atoms with Gasteiger partial charge in [-0.25, -0.2) is 5.43 Å². The molecule has 0 heterocycles. The Morgan fingerprint density at radius 3 is 2.28 bits per heavy atom. The lowest BCUT2D eigenvalue weighted by atomic mass is 10.1. The Morgan fingerprint density at radius 2 is 1.60 bits per heavy atom. The first-order valence-electron chi connectivity index (χ1n) is 7.94. The summed E-state index contributed by atoms with van der Waals surface area (Å²) in [6.07, 6.45) is 0.225. The number of halogens is 1. The number of amides is 2. The molecule has 0 saturated heterocycles. The molecule has 0 aliphatic rings. The van der Waals surface area contributed by atoms with Crippen molar-refractivity contribution in [2.24, 2.45) is 5.10 Å². The molecule has 0 unspecified atom stereocenters. The topological polar surface area (TPSA) is 70.6 Å². The lowest BCUT2D eigenvalue weighted by molar-refractivity contribution is -0.126. The molecule has 25 heavy (non-hydrogen) atoms. The van der Waals surface area contributed by atoms with Crippen LogP contribution in [-0.2, 0) is 16.1 Å². The van der Waals surface area contributed by atoms with Gasteiger partial charge in [-0.15, -0.1) is 0 Å². The van der Waals surface area contributed by atoms with Gasteiger partial charge in [-0.3, -0.25) is 9.59 Å². The first-order chi connectivity index (χ1) is 12.0. The van der Waals surface area contributed by atoms with E-state index >= 15 is 0 Å². The normalized spacial score (nSPS) is 11.0. The molecule has 2 rings (SSSR count). The molecule has 0 saturated carbocycles. The molecule has 0 fully saturated rings. The fraction of sp³-hybridized carbons (Fsp3) is 0.211. The number of hydrogen-bond donors (Lipinski definition) is 2. The molecule has 6 heteroatoms. The van der Waals surface area contributed by atoms with Gasteiger partial charge in [-0.2, -0.15) is 5.10 Å². The van der Waals surface area contributed by atoms with Gasteiger partial charge in [0.25, 0.3) is 0 Å². The SMILES string of the molecule is CC(=NNC(=O)CCC(=O)NCc1ccccc1)c1ccc(Br)cc1. The standard InChI is InChI=1S/C19H20BrN3O2/c1-14(16-7-9-17(20)10-8-16)22-23-19(25)12-11-18(24)21-13-15-5-3-2-4-6-15/h2-10H,11-13H2,1H3,(H,21,24)(H,23,25). The predicted octanol–water partition coefficient (Wildman–Crippen LogP) is 3.39. The molecule has 0 aromatic heterocycles. The van der Waals surface area contributed by atoms with Crippen LogP contribution in [0.4, 0.5) is 0 Å². The molecule has 5 nitrogen and oxygen atoms in total. The molecule has 2 N–H and O–H groups in total. The van der Waals surface area contributed by atoms with E-state index in [9.17, 15) is 9.59 Å². The summed E-state index contributed by atoms with van der Waals surface area (Å²) < 4.78 is 0.981. The first-order valence-corrected chi connectivity index (χ1v) is 8.73. The summed E-state index contributed by atoms with van der Waals surface area (Å²) in [7, 11) is 0. The van der Waals surface area contributed by atoms with Crippen LogP contribution in [0.2, 0.25) is 0 Å². The van der Waals surface area contributed by atoms with Crippen LogP contribution in [0.3, 0.4) is 0 Å². The number of benzene rings is 2. The summed E-state index contributed by atoms with van der Waals surface area (Å²) in [6.45, 7) is 2.28. The zero-order chi connectivity index (χ0) is 18.1. The molecule has 0 aliphatic carbocycles. The summed E-state index contributed by atoms with van der Waals surface area (Å²) in [6, 6.07) is 17.3. The highest BCUT2D eigenvalue weighted by Gasteiger charge is 2.06. The maximum atomic E-state index is 11.8. The van der Waals surface area contributed by atoms with E-state index in [1.54, 1.807) is 0 Å². The van der Waals surface area contributed by atoms with Crippen LogP contribution in [0.5, 0.6) is 0 Å². The highest BCUT2D eigenvalue weighted by Crippen LogP contribution is 2.11. The zero-order valence-corrected chi connectivity index (χ0v) is 15.5. The van der Waals surface area contributed by atoms with Gasteiger partial charge in [0.05, 0.1) is 5.71 Å². The molecule has 2 amide bonds. The van der Waals surface area contributed by atoms with Gasteiger partial charge in [-0.1, -0.05) is 58.4 Å². The summed E-state index contributed by atoms with van der Waals surface area (Å²) in [5, 5.41) is 6.86. The third kappa shape index (κ3) is 6.89. The molecule has 0 atom stereocenters. The Bertz CT molecular complexity index is 743. The predicted molar refractivity (Wildman–Crippen MR) is 102 cm³/mol. The minimum absolute atomic E-state index is 0.0950. The summed E-state index contributed by atoms with van der Waals surface area (Å²) in [5.74, 6) is -0.445. The van der Waals surface area contributed by atoms with Crippen molar-refractivity contribution in [3.05, 3.63) is 70.2 Å². The van der Waals surface area contributed by atoms with Crippen LogP contribution in [0.15, 0.2) is 64.2 Å². The fourth-order valence-electron chi connectivity index (χ4n) is 2.07. The van der Waals surface area contributed by atoms with Crippen molar-refractivity contribution in [3.63, 3.8) is 0 Å². The summed E-state index contributed by atoms with van der Waals surface area (Å²) >= 11 is 3.37. The van der Waals surface area contributed by atoms with Crippen molar-refractivity contribution >= 4 is 33.5 Å². The first kappa shape index (κ1) is 18.9. The number of nitrogens with one attached hydrogen (secondary N) is 2. The van der Waals surface area contributed by atoms with Crippen molar-refractivity contribution in [1.82, 2.24) is 10.7 Å². The van der Waals surface area contributed by atoms with Crippen molar-refractivity contribution in [3.8, 4) is 0 Å². The second kappa shape index (κ2) is 9.74. The average Bonchev–Trinajstić information content (AvgIpc) is 2.64. The molecule has 0 radical (unpaired) electrons. The minimum Gasteiger partial charge on any atom is -0.352 e. The lowest BCUT2D eigenvalue weighted by Crippen LogP contribution is -2.26. The van der Waals surface area contributed by atoms with E-state index in [1.165, 1.54) is 0 Å². The smallest absolute Gasteiger partial charge is 0.240 e. The third-order valence-corrected chi connectivity index (χ3v) is 4.05. The Labute approximate surface area is 155 Å². The Balaban J connectivity index is 1.71. The Hall–Kier alpha value is -2.47. The van der Waals surface area contributed by atoms with Gasteiger partial charge < -0.3 is 5.32 Å². The van der Waals surface area contributed by atoms with Gasteiger partial charge in [0, 0.05) is 23.9 Å². The highest BCUT2D eigenvalue weighted by molar-refractivity contribution is 9.10. The van der Waals surface area contributed by atoms with Crippen LogP contribution in [0.1, 0.15) is 30.9 Å². The number of carbonyl (C=O) groups is 2. The number of nitrogens with zero attached hydrogens (tertiary/aromatic N) is 1. The summed E-state index contributed by atoms with van der Waals surface area (Å²) in [4.78, 5) is 23.6. The van der Waals surface area contributed by atoms with Gasteiger partial charge in [0.2, 0.25) is 11.8 Å². The third-order valence-electron chi connectivity index (χ3n) is 3.52. The maximum Gasteiger partial charge on any atom is 0.240 e. The van der Waals surface area contributed by atoms with E-state index in [4.69, 9.17) is 0 Å². The van der Waals surface area contributed by atoms with Gasteiger partial charge in [0.15, 0.2) is 0 Å². The maximum absolute atomic E-state index is 11.8. The quantitative estimate of drug-likeness (QED) is 0.551. The van der Waals surface area contributed by atoms with E-state index in [0.717, 1.165) is 15.6 Å². The van der Waals surface area contributed by atoms with Crippen LogP contribution < -0.4 is 10.7 Å². The van der Waals surface area contributed by atoms with Crippen LogP contribution in [0, 0.1) is 0 Å². The highest BCUT2D eigenvalue weighted by atomic mass is 79.9. The molecular formula is C19H20BrN3O2. The monoisotopic (exact) mass is 401 g/mol. The second-order valence-corrected chi connectivity index (χ2v) is 6.42. The van der Waals surface area contributed by atoms with Gasteiger partial charge in [-0.05, 0) is 30.2 Å². The fourth-order valence-corrected chi connectivity index (χ4v) is 2.33. The molecule has 0 spiro atoms. The van der Waals surface area contributed by atoms with Gasteiger partial charge >= 0.3 is 0 Å². The van der Waals surface area contributed by atoms with Crippen LogP contribution >= 0.6 is 15.9 Å². The second-order valence-electron chi connectivity index (χ2n) is 5.50. The van der Waals surface area contributed by atoms with E-state index in [0.29, 0.717) is 12.3 Å². The molecule has 0 bridgehead atoms. The number of hydrogen-bond acceptors (Lipinski definition) is 3. The van der Waals surface area contributed by atoms with E-state index in [1.807, 2.05) is 61.5 Å². The lowest BCUT2D eigenvalue weighted by Gasteiger charge is -2.05. The molecule has 2 aromatic carbocycles. The van der Waals surface area contributed by atoms with Gasteiger partial charge in [0.1, 0.15) is 0 Å². The van der Waals surface area contributed by atoms with E-state index in [-0.39, 0.29) is 24.7 Å². The van der Waals surface area contributed by atoms with Crippen LogP contribution in [-0.4, -0.2) is 17.5 Å². The largest absolute Gasteiger partial charge is 0.352 e.